The van der Waals surface area contributed by atoms with E-state index in [1.165, 1.54) is 23.3 Å². The van der Waals surface area contributed by atoms with E-state index in [4.69, 9.17) is 4.74 Å². The quantitative estimate of drug-likeness (QED) is 0.753. The molecule has 0 aliphatic rings. The van der Waals surface area contributed by atoms with E-state index in [9.17, 15) is 9.18 Å². The van der Waals surface area contributed by atoms with E-state index >= 15 is 0 Å². The third-order valence-electron chi connectivity index (χ3n) is 4.05. The summed E-state index contributed by atoms with van der Waals surface area (Å²) in [5.74, 6) is 0.593. The molecule has 2 rings (SSSR count). The summed E-state index contributed by atoms with van der Waals surface area (Å²) in [7, 11) is 0. The van der Waals surface area contributed by atoms with Crippen molar-refractivity contribution in [2.75, 3.05) is 19.7 Å². The number of nitrogens with one attached hydrogen (secondary N) is 2. The number of carbonyl (C=O) groups excluding carboxylic acids is 1. The van der Waals surface area contributed by atoms with Gasteiger partial charge in [-0.1, -0.05) is 18.2 Å². The first-order chi connectivity index (χ1) is 12.0. The molecule has 134 valence electrons. The molecule has 0 bridgehead atoms. The molecule has 0 saturated heterocycles. The first kappa shape index (κ1) is 18.8. The van der Waals surface area contributed by atoms with Crippen LogP contribution in [0.2, 0.25) is 0 Å². The summed E-state index contributed by atoms with van der Waals surface area (Å²) in [6.07, 6.45) is 0.659. The zero-order valence-corrected chi connectivity index (χ0v) is 15.0. The molecule has 0 spiro atoms. The average molecular weight is 344 g/mol. The minimum atomic E-state index is -0.256. The number of hydrogen-bond acceptors (Lipinski definition) is 2. The summed E-state index contributed by atoms with van der Waals surface area (Å²) in [5, 5.41) is 5.53. The lowest BCUT2D eigenvalue weighted by molar-refractivity contribution is 0.236. The molecule has 0 saturated carbocycles. The Kier molecular flexibility index (Phi) is 6.81. The highest BCUT2D eigenvalue weighted by Gasteiger charge is 2.04. The molecule has 4 nitrogen and oxygen atoms in total. The van der Waals surface area contributed by atoms with Gasteiger partial charge < -0.3 is 15.4 Å². The second-order valence-corrected chi connectivity index (χ2v) is 6.11. The minimum Gasteiger partial charge on any atom is -0.491 e. The van der Waals surface area contributed by atoms with Gasteiger partial charge in [-0.3, -0.25) is 0 Å². The van der Waals surface area contributed by atoms with Crippen LogP contribution in [-0.4, -0.2) is 25.7 Å². The summed E-state index contributed by atoms with van der Waals surface area (Å²) >= 11 is 0. The molecule has 25 heavy (non-hydrogen) atoms. The Labute approximate surface area is 148 Å². The standard InChI is InChI=1S/C20H25FN2O2/c1-14-12-16(3)19(13-15(14)2)25-11-10-23-20(24)22-9-8-17-4-6-18(21)7-5-17/h4-7,12-13H,8-11H2,1-3H3,(H2,22,23,24). The van der Waals surface area contributed by atoms with Gasteiger partial charge in [-0.2, -0.15) is 0 Å². The summed E-state index contributed by atoms with van der Waals surface area (Å²) < 4.78 is 18.5. The lowest BCUT2D eigenvalue weighted by Crippen LogP contribution is -2.38. The van der Waals surface area contributed by atoms with Crippen molar-refractivity contribution >= 4 is 6.03 Å². The van der Waals surface area contributed by atoms with Gasteiger partial charge in [0.1, 0.15) is 18.2 Å². The number of ether oxygens (including phenoxy) is 1. The molecule has 2 aromatic rings. The maximum atomic E-state index is 12.8. The van der Waals surface area contributed by atoms with Crippen LogP contribution < -0.4 is 15.4 Å². The number of rotatable bonds is 7. The molecule has 0 aromatic heterocycles. The topological polar surface area (TPSA) is 50.4 Å². The smallest absolute Gasteiger partial charge is 0.314 e. The monoisotopic (exact) mass is 344 g/mol. The predicted molar refractivity (Wildman–Crippen MR) is 97.7 cm³/mol. The van der Waals surface area contributed by atoms with Crippen molar-refractivity contribution in [3.63, 3.8) is 0 Å². The average Bonchev–Trinajstić information content (AvgIpc) is 2.58. The fraction of sp³-hybridized carbons (Fsp3) is 0.350. The zero-order valence-electron chi connectivity index (χ0n) is 15.0. The van der Waals surface area contributed by atoms with Crippen molar-refractivity contribution in [2.45, 2.75) is 27.2 Å². The molecule has 0 atom stereocenters. The van der Waals surface area contributed by atoms with Gasteiger partial charge in [-0.15, -0.1) is 0 Å². The molecule has 0 heterocycles. The van der Waals surface area contributed by atoms with Gasteiger partial charge in [0.15, 0.2) is 0 Å². The summed E-state index contributed by atoms with van der Waals surface area (Å²) in [6, 6.07) is 10.2. The first-order valence-corrected chi connectivity index (χ1v) is 8.42. The third kappa shape index (κ3) is 6.10. The van der Waals surface area contributed by atoms with Gasteiger partial charge in [-0.05, 0) is 67.6 Å². The number of urea groups is 1. The number of carbonyl (C=O) groups is 1. The number of halogens is 1. The fourth-order valence-corrected chi connectivity index (χ4v) is 2.45. The van der Waals surface area contributed by atoms with Crippen LogP contribution in [0.3, 0.4) is 0 Å². The SMILES string of the molecule is Cc1cc(C)c(OCCNC(=O)NCCc2ccc(F)cc2)cc1C. The van der Waals surface area contributed by atoms with Crippen LogP contribution >= 0.6 is 0 Å². The van der Waals surface area contributed by atoms with Gasteiger partial charge in [0.2, 0.25) is 0 Å². The second kappa shape index (κ2) is 9.06. The van der Waals surface area contributed by atoms with Crippen LogP contribution in [0.1, 0.15) is 22.3 Å². The Morgan fingerprint density at radius 2 is 1.60 bits per heavy atom. The van der Waals surface area contributed by atoms with Crippen LogP contribution in [0.25, 0.3) is 0 Å². The van der Waals surface area contributed by atoms with Gasteiger partial charge in [0.05, 0.1) is 6.54 Å². The molecule has 5 heteroatoms. The van der Waals surface area contributed by atoms with Gasteiger partial charge in [0.25, 0.3) is 0 Å². The number of aryl methyl sites for hydroxylation is 3. The Hall–Kier alpha value is -2.56. The van der Waals surface area contributed by atoms with Crippen LogP contribution in [-0.2, 0) is 6.42 Å². The lowest BCUT2D eigenvalue weighted by Gasteiger charge is -2.12. The highest BCUT2D eigenvalue weighted by Crippen LogP contribution is 2.22. The van der Waals surface area contributed by atoms with Crippen LogP contribution in [0.5, 0.6) is 5.75 Å². The molecule has 0 unspecified atom stereocenters. The Morgan fingerprint density at radius 3 is 2.32 bits per heavy atom. The van der Waals surface area contributed by atoms with Gasteiger partial charge in [-0.25, -0.2) is 9.18 Å². The Balaban J connectivity index is 1.64. The lowest BCUT2D eigenvalue weighted by atomic mass is 10.1. The van der Waals surface area contributed by atoms with E-state index in [2.05, 4.69) is 30.5 Å². The largest absolute Gasteiger partial charge is 0.491 e. The van der Waals surface area contributed by atoms with Crippen LogP contribution in [0, 0.1) is 26.6 Å². The van der Waals surface area contributed by atoms with E-state index in [0.29, 0.717) is 26.1 Å². The summed E-state index contributed by atoms with van der Waals surface area (Å²) in [6.45, 7) is 7.47. The second-order valence-electron chi connectivity index (χ2n) is 6.11. The van der Waals surface area contributed by atoms with Crippen molar-refractivity contribution in [1.82, 2.24) is 10.6 Å². The molecule has 2 amide bonds. The molecule has 0 aliphatic carbocycles. The van der Waals surface area contributed by atoms with E-state index in [1.54, 1.807) is 12.1 Å². The number of hydrogen-bond donors (Lipinski definition) is 2. The molecular weight excluding hydrogens is 319 g/mol. The summed E-state index contributed by atoms with van der Waals surface area (Å²) in [5.41, 5.74) is 4.50. The Morgan fingerprint density at radius 1 is 0.960 bits per heavy atom. The van der Waals surface area contributed by atoms with Crippen molar-refractivity contribution in [2.24, 2.45) is 0 Å². The zero-order chi connectivity index (χ0) is 18.2. The van der Waals surface area contributed by atoms with E-state index < -0.39 is 0 Å². The van der Waals surface area contributed by atoms with Crippen molar-refractivity contribution in [3.05, 3.63) is 64.5 Å². The molecule has 2 N–H and O–H groups in total. The van der Waals surface area contributed by atoms with Crippen molar-refractivity contribution in [3.8, 4) is 5.75 Å². The van der Waals surface area contributed by atoms with E-state index in [1.807, 2.05) is 13.0 Å². The van der Waals surface area contributed by atoms with Crippen molar-refractivity contribution < 1.29 is 13.9 Å². The normalized spacial score (nSPS) is 10.4. The molecule has 2 aromatic carbocycles. The highest BCUT2D eigenvalue weighted by molar-refractivity contribution is 5.73. The predicted octanol–water partition coefficient (Wildman–Crippen LogP) is 3.67. The maximum absolute atomic E-state index is 12.8. The molecule has 0 aliphatic heterocycles. The fourth-order valence-electron chi connectivity index (χ4n) is 2.45. The Bertz CT molecular complexity index is 714. The molecular formula is C20H25FN2O2. The molecule has 0 fully saturated rings. The first-order valence-electron chi connectivity index (χ1n) is 8.42. The van der Waals surface area contributed by atoms with E-state index in [0.717, 1.165) is 16.9 Å². The van der Waals surface area contributed by atoms with Crippen molar-refractivity contribution in [1.29, 1.82) is 0 Å². The highest BCUT2D eigenvalue weighted by atomic mass is 19.1. The number of benzene rings is 2. The third-order valence-corrected chi connectivity index (χ3v) is 4.05. The minimum absolute atomic E-state index is 0.234. The summed E-state index contributed by atoms with van der Waals surface area (Å²) in [4.78, 5) is 11.7. The maximum Gasteiger partial charge on any atom is 0.314 e. The number of amides is 2. The van der Waals surface area contributed by atoms with Crippen LogP contribution in [0.4, 0.5) is 9.18 Å². The van der Waals surface area contributed by atoms with Gasteiger partial charge in [0, 0.05) is 6.54 Å². The van der Waals surface area contributed by atoms with Gasteiger partial charge >= 0.3 is 6.03 Å². The molecule has 0 radical (unpaired) electrons. The van der Waals surface area contributed by atoms with Crippen LogP contribution in [0.15, 0.2) is 36.4 Å². The van der Waals surface area contributed by atoms with E-state index in [-0.39, 0.29) is 11.8 Å².